The Labute approximate surface area is 166 Å². The van der Waals surface area contributed by atoms with Gasteiger partial charge in [-0.15, -0.1) is 0 Å². The Kier molecular flexibility index (Phi) is 11.7. The summed E-state index contributed by atoms with van der Waals surface area (Å²) in [6.45, 7) is 6.52. The van der Waals surface area contributed by atoms with Crippen molar-refractivity contribution < 1.29 is 0 Å². The third-order valence-corrected chi connectivity index (χ3v) is 5.19. The standard InChI is InChI=1S/C19H30BrClN2S/c1-3-5-7-9-13-23(14-10-8-6-4-2)19(24)22-18-12-11-16(20)15-17(18)21/h11-12,15H,3-10,13-14H2,1-2H3,(H,22,24). The Morgan fingerprint density at radius 1 is 1.04 bits per heavy atom. The van der Waals surface area contributed by atoms with E-state index in [4.69, 9.17) is 23.8 Å². The van der Waals surface area contributed by atoms with Crippen molar-refractivity contribution in [2.24, 2.45) is 0 Å². The Balaban J connectivity index is 2.59. The smallest absolute Gasteiger partial charge is 0.173 e. The summed E-state index contributed by atoms with van der Waals surface area (Å²) in [6, 6.07) is 5.83. The van der Waals surface area contributed by atoms with Gasteiger partial charge in [0.25, 0.3) is 0 Å². The summed E-state index contributed by atoms with van der Waals surface area (Å²) in [7, 11) is 0. The number of rotatable bonds is 11. The van der Waals surface area contributed by atoms with Crippen LogP contribution in [0, 0.1) is 0 Å². The second-order valence-corrected chi connectivity index (χ2v) is 7.87. The number of hydrogen-bond acceptors (Lipinski definition) is 1. The van der Waals surface area contributed by atoms with E-state index in [0.717, 1.165) is 28.4 Å². The van der Waals surface area contributed by atoms with Gasteiger partial charge < -0.3 is 10.2 Å². The molecule has 0 heterocycles. The van der Waals surface area contributed by atoms with Crippen molar-refractivity contribution in [3.8, 4) is 0 Å². The third kappa shape index (κ3) is 8.68. The predicted molar refractivity (Wildman–Crippen MR) is 115 cm³/mol. The number of nitrogens with zero attached hydrogens (tertiary/aromatic N) is 1. The molecule has 0 fully saturated rings. The molecule has 0 aliphatic rings. The first kappa shape index (κ1) is 21.7. The molecule has 0 saturated carbocycles. The first-order chi connectivity index (χ1) is 11.6. The molecule has 1 aromatic carbocycles. The van der Waals surface area contributed by atoms with E-state index in [1.54, 1.807) is 0 Å². The van der Waals surface area contributed by atoms with Crippen molar-refractivity contribution in [3.63, 3.8) is 0 Å². The van der Waals surface area contributed by atoms with Crippen molar-refractivity contribution >= 4 is 50.5 Å². The third-order valence-electron chi connectivity index (χ3n) is 4.02. The van der Waals surface area contributed by atoms with Gasteiger partial charge in [-0.2, -0.15) is 0 Å². The fourth-order valence-corrected chi connectivity index (χ4v) is 3.57. The van der Waals surface area contributed by atoms with Crippen LogP contribution in [0.2, 0.25) is 5.02 Å². The van der Waals surface area contributed by atoms with E-state index in [1.165, 1.54) is 51.4 Å². The number of hydrogen-bond donors (Lipinski definition) is 1. The van der Waals surface area contributed by atoms with Gasteiger partial charge in [-0.1, -0.05) is 79.9 Å². The van der Waals surface area contributed by atoms with Gasteiger partial charge in [0.1, 0.15) is 0 Å². The van der Waals surface area contributed by atoms with Crippen molar-refractivity contribution in [3.05, 3.63) is 27.7 Å². The summed E-state index contributed by atoms with van der Waals surface area (Å²) in [5, 5.41) is 4.79. The highest BCUT2D eigenvalue weighted by Gasteiger charge is 2.11. The Bertz CT molecular complexity index is 484. The lowest BCUT2D eigenvalue weighted by Gasteiger charge is -2.26. The molecule has 0 bridgehead atoms. The van der Waals surface area contributed by atoms with Crippen LogP contribution in [0.15, 0.2) is 22.7 Å². The van der Waals surface area contributed by atoms with E-state index >= 15 is 0 Å². The summed E-state index contributed by atoms with van der Waals surface area (Å²) in [5.41, 5.74) is 0.872. The zero-order valence-corrected chi connectivity index (χ0v) is 18.1. The maximum atomic E-state index is 6.30. The van der Waals surface area contributed by atoms with Crippen LogP contribution in [0.25, 0.3) is 0 Å². The first-order valence-electron chi connectivity index (χ1n) is 9.09. The highest BCUT2D eigenvalue weighted by molar-refractivity contribution is 9.10. The van der Waals surface area contributed by atoms with Crippen LogP contribution in [0.3, 0.4) is 0 Å². The van der Waals surface area contributed by atoms with E-state index < -0.39 is 0 Å². The summed E-state index contributed by atoms with van der Waals surface area (Å²) in [4.78, 5) is 2.30. The van der Waals surface area contributed by atoms with Crippen LogP contribution in [-0.2, 0) is 0 Å². The highest BCUT2D eigenvalue weighted by atomic mass is 79.9. The molecule has 0 radical (unpaired) electrons. The monoisotopic (exact) mass is 432 g/mol. The van der Waals surface area contributed by atoms with E-state index in [1.807, 2.05) is 18.2 Å². The number of benzene rings is 1. The summed E-state index contributed by atoms with van der Waals surface area (Å²) in [6.07, 6.45) is 10.0. The lowest BCUT2D eigenvalue weighted by Crippen LogP contribution is -2.36. The number of unbranched alkanes of at least 4 members (excludes halogenated alkanes) is 6. The molecular weight excluding hydrogens is 404 g/mol. The molecule has 5 heteroatoms. The molecule has 0 aromatic heterocycles. The predicted octanol–water partition coefficient (Wildman–Crippen LogP) is 7.26. The summed E-state index contributed by atoms with van der Waals surface area (Å²) >= 11 is 15.4. The van der Waals surface area contributed by atoms with Gasteiger partial charge in [0.2, 0.25) is 0 Å². The minimum absolute atomic E-state index is 0.684. The minimum atomic E-state index is 0.684. The topological polar surface area (TPSA) is 15.3 Å². The van der Waals surface area contributed by atoms with E-state index in [0.29, 0.717) is 5.02 Å². The van der Waals surface area contributed by atoms with Crippen molar-refractivity contribution in [2.75, 3.05) is 18.4 Å². The zero-order valence-electron chi connectivity index (χ0n) is 14.9. The Hall–Kier alpha value is -0.320. The van der Waals surface area contributed by atoms with Gasteiger partial charge in [-0.05, 0) is 43.3 Å². The van der Waals surface area contributed by atoms with E-state index in [9.17, 15) is 0 Å². The minimum Gasteiger partial charge on any atom is -0.349 e. The highest BCUT2D eigenvalue weighted by Crippen LogP contribution is 2.26. The number of nitrogens with one attached hydrogen (secondary N) is 1. The molecule has 1 aromatic rings. The molecule has 0 spiro atoms. The summed E-state index contributed by atoms with van der Waals surface area (Å²) in [5.74, 6) is 0. The van der Waals surface area contributed by atoms with Gasteiger partial charge in [-0.25, -0.2) is 0 Å². The molecule has 0 saturated heterocycles. The average Bonchev–Trinajstić information content (AvgIpc) is 2.56. The molecule has 0 aliphatic heterocycles. The van der Waals surface area contributed by atoms with Gasteiger partial charge in [0.15, 0.2) is 5.11 Å². The van der Waals surface area contributed by atoms with Crippen LogP contribution in [-0.4, -0.2) is 23.1 Å². The van der Waals surface area contributed by atoms with Crippen molar-refractivity contribution in [2.45, 2.75) is 65.2 Å². The molecule has 2 nitrogen and oxygen atoms in total. The lowest BCUT2D eigenvalue weighted by molar-refractivity contribution is 0.391. The maximum absolute atomic E-state index is 6.30. The van der Waals surface area contributed by atoms with Crippen molar-refractivity contribution in [1.29, 1.82) is 0 Å². The van der Waals surface area contributed by atoms with Crippen molar-refractivity contribution in [1.82, 2.24) is 4.90 Å². The number of thiocarbonyl (C=S) groups is 1. The maximum Gasteiger partial charge on any atom is 0.173 e. The van der Waals surface area contributed by atoms with Gasteiger partial charge in [0.05, 0.1) is 10.7 Å². The van der Waals surface area contributed by atoms with Gasteiger partial charge >= 0.3 is 0 Å². The number of halogens is 2. The fraction of sp³-hybridized carbons (Fsp3) is 0.632. The first-order valence-corrected chi connectivity index (χ1v) is 10.7. The van der Waals surface area contributed by atoms with Gasteiger partial charge in [0, 0.05) is 17.6 Å². The lowest BCUT2D eigenvalue weighted by atomic mass is 10.2. The van der Waals surface area contributed by atoms with Crippen LogP contribution >= 0.6 is 39.7 Å². The van der Waals surface area contributed by atoms with Crippen LogP contribution in [0.5, 0.6) is 0 Å². The van der Waals surface area contributed by atoms with E-state index in [2.05, 4.69) is 40.0 Å². The molecule has 0 amide bonds. The second kappa shape index (κ2) is 13.0. The molecular formula is C19H30BrClN2S. The zero-order chi connectivity index (χ0) is 17.8. The van der Waals surface area contributed by atoms with Crippen LogP contribution in [0.1, 0.15) is 65.2 Å². The van der Waals surface area contributed by atoms with Gasteiger partial charge in [-0.3, -0.25) is 0 Å². The molecule has 0 atom stereocenters. The van der Waals surface area contributed by atoms with Crippen LogP contribution < -0.4 is 5.32 Å². The summed E-state index contributed by atoms with van der Waals surface area (Å²) < 4.78 is 0.972. The van der Waals surface area contributed by atoms with Crippen LogP contribution in [0.4, 0.5) is 5.69 Å². The quantitative estimate of drug-likeness (QED) is 0.292. The molecule has 0 unspecified atom stereocenters. The molecule has 136 valence electrons. The molecule has 1 rings (SSSR count). The Morgan fingerprint density at radius 3 is 2.12 bits per heavy atom. The molecule has 0 aliphatic carbocycles. The molecule has 24 heavy (non-hydrogen) atoms. The van der Waals surface area contributed by atoms with E-state index in [-0.39, 0.29) is 0 Å². The normalized spacial score (nSPS) is 10.7. The second-order valence-electron chi connectivity index (χ2n) is 6.16. The fourth-order valence-electron chi connectivity index (χ4n) is 2.56. The largest absolute Gasteiger partial charge is 0.349 e. The average molecular weight is 434 g/mol. The number of anilines is 1. The Morgan fingerprint density at radius 2 is 1.62 bits per heavy atom. The SMILES string of the molecule is CCCCCCN(CCCCCC)C(=S)Nc1ccc(Br)cc1Cl. The molecule has 1 N–H and O–H groups in total.